The number of hydrogen-bond acceptors (Lipinski definition) is 4. The van der Waals surface area contributed by atoms with E-state index < -0.39 is 11.7 Å². The smallest absolute Gasteiger partial charge is 0.408 e. The van der Waals surface area contributed by atoms with Crippen LogP contribution in [0.25, 0.3) is 21.3 Å². The van der Waals surface area contributed by atoms with Gasteiger partial charge in [-0.3, -0.25) is 9.36 Å². The zero-order valence-electron chi connectivity index (χ0n) is 15.6. The standard InChI is InChI=1S/C21H19N3O3S/c1-4-9-23-16-11-13(2)10-14(3)19(16)28-20(23)22-18(25)12-24-15-7-5-6-8-17(15)27-21(24)26/h4-8,10-11H,1,9,12H2,2-3H3. The normalized spacial score (nSPS) is 12.1. The summed E-state index contributed by atoms with van der Waals surface area (Å²) in [5, 5.41) is 0. The van der Waals surface area contributed by atoms with Crippen LogP contribution >= 0.6 is 11.3 Å². The number of carbonyl (C=O) groups excluding carboxylic acids is 1. The van der Waals surface area contributed by atoms with Gasteiger partial charge in [0.15, 0.2) is 10.4 Å². The number of fused-ring (bicyclic) bond motifs is 2. The average molecular weight is 393 g/mol. The van der Waals surface area contributed by atoms with Crippen LogP contribution in [0.4, 0.5) is 0 Å². The van der Waals surface area contributed by atoms with Crippen molar-refractivity contribution in [1.29, 1.82) is 0 Å². The molecule has 0 aliphatic carbocycles. The highest BCUT2D eigenvalue weighted by Crippen LogP contribution is 2.23. The monoisotopic (exact) mass is 393 g/mol. The summed E-state index contributed by atoms with van der Waals surface area (Å²) in [5.41, 5.74) is 4.35. The van der Waals surface area contributed by atoms with Crippen LogP contribution in [0.5, 0.6) is 0 Å². The van der Waals surface area contributed by atoms with E-state index in [1.165, 1.54) is 15.9 Å². The van der Waals surface area contributed by atoms with Crippen LogP contribution < -0.4 is 10.6 Å². The Hall–Kier alpha value is -3.19. The van der Waals surface area contributed by atoms with Crippen molar-refractivity contribution in [3.63, 3.8) is 0 Å². The number of benzene rings is 2. The lowest BCUT2D eigenvalue weighted by atomic mass is 10.1. The van der Waals surface area contributed by atoms with Gasteiger partial charge in [0.1, 0.15) is 6.54 Å². The molecule has 0 fully saturated rings. The van der Waals surface area contributed by atoms with Crippen LogP contribution in [-0.4, -0.2) is 15.0 Å². The minimum absolute atomic E-state index is 0.170. The van der Waals surface area contributed by atoms with Gasteiger partial charge in [-0.15, -0.1) is 6.58 Å². The Morgan fingerprint density at radius 2 is 2.00 bits per heavy atom. The summed E-state index contributed by atoms with van der Waals surface area (Å²) >= 11 is 1.46. The number of allylic oxidation sites excluding steroid dienone is 1. The Balaban J connectivity index is 1.81. The van der Waals surface area contributed by atoms with E-state index in [2.05, 4.69) is 23.7 Å². The summed E-state index contributed by atoms with van der Waals surface area (Å²) in [4.78, 5) is 29.7. The fourth-order valence-electron chi connectivity index (χ4n) is 3.34. The fraction of sp³-hybridized carbons (Fsp3) is 0.190. The largest absolute Gasteiger partial charge is 0.420 e. The maximum atomic E-state index is 12.7. The summed E-state index contributed by atoms with van der Waals surface area (Å²) in [7, 11) is 0. The van der Waals surface area contributed by atoms with E-state index in [4.69, 9.17) is 4.42 Å². The molecule has 0 bridgehead atoms. The molecule has 2 heterocycles. The van der Waals surface area contributed by atoms with Crippen molar-refractivity contribution in [3.8, 4) is 0 Å². The lowest BCUT2D eigenvalue weighted by molar-refractivity contribution is -0.118. The highest BCUT2D eigenvalue weighted by molar-refractivity contribution is 7.16. The first kappa shape index (κ1) is 18.2. The van der Waals surface area contributed by atoms with Crippen LogP contribution in [0.15, 0.2) is 63.3 Å². The van der Waals surface area contributed by atoms with Crippen LogP contribution in [0, 0.1) is 13.8 Å². The Bertz CT molecular complexity index is 1350. The molecular weight excluding hydrogens is 374 g/mol. The molecule has 0 atom stereocenters. The minimum atomic E-state index is -0.563. The zero-order valence-corrected chi connectivity index (χ0v) is 16.5. The van der Waals surface area contributed by atoms with Gasteiger partial charge in [0.25, 0.3) is 5.91 Å². The number of rotatable bonds is 4. The van der Waals surface area contributed by atoms with E-state index in [1.807, 2.05) is 18.4 Å². The number of aromatic nitrogens is 2. The summed E-state index contributed by atoms with van der Waals surface area (Å²) in [6.45, 7) is 8.28. The molecule has 4 aromatic rings. The van der Waals surface area contributed by atoms with Crippen LogP contribution in [0.1, 0.15) is 11.1 Å². The second-order valence-electron chi connectivity index (χ2n) is 6.64. The predicted molar refractivity (Wildman–Crippen MR) is 111 cm³/mol. The van der Waals surface area contributed by atoms with E-state index in [0.717, 1.165) is 21.3 Å². The number of para-hydroxylation sites is 2. The third-order valence-corrected chi connectivity index (χ3v) is 5.74. The summed E-state index contributed by atoms with van der Waals surface area (Å²) in [6.07, 6.45) is 1.78. The third-order valence-electron chi connectivity index (χ3n) is 4.51. The van der Waals surface area contributed by atoms with E-state index in [-0.39, 0.29) is 6.54 Å². The zero-order chi connectivity index (χ0) is 19.8. The Labute approximate surface area is 164 Å². The molecule has 2 aromatic heterocycles. The van der Waals surface area contributed by atoms with Gasteiger partial charge in [0.05, 0.1) is 15.7 Å². The quantitative estimate of drug-likeness (QED) is 0.498. The maximum Gasteiger partial charge on any atom is 0.420 e. The van der Waals surface area contributed by atoms with Gasteiger partial charge in [-0.2, -0.15) is 4.99 Å². The molecule has 0 saturated carbocycles. The summed E-state index contributed by atoms with van der Waals surface area (Å²) < 4.78 is 9.56. The van der Waals surface area contributed by atoms with Gasteiger partial charge in [0, 0.05) is 6.54 Å². The summed E-state index contributed by atoms with van der Waals surface area (Å²) in [6, 6.07) is 11.2. The molecule has 142 valence electrons. The van der Waals surface area contributed by atoms with Crippen LogP contribution in [0.2, 0.25) is 0 Å². The van der Waals surface area contributed by atoms with E-state index in [1.54, 1.807) is 30.3 Å². The first-order valence-electron chi connectivity index (χ1n) is 8.85. The van der Waals surface area contributed by atoms with Crippen molar-refractivity contribution >= 4 is 38.6 Å². The van der Waals surface area contributed by atoms with Gasteiger partial charge in [0.2, 0.25) is 0 Å². The topological polar surface area (TPSA) is 69.5 Å². The number of amides is 1. The molecule has 7 heteroatoms. The Morgan fingerprint density at radius 3 is 2.79 bits per heavy atom. The molecule has 6 nitrogen and oxygen atoms in total. The predicted octanol–water partition coefficient (Wildman–Crippen LogP) is 3.54. The van der Waals surface area contributed by atoms with Gasteiger partial charge in [-0.25, -0.2) is 4.79 Å². The van der Waals surface area contributed by atoms with Gasteiger partial charge >= 0.3 is 5.76 Å². The number of hydrogen-bond donors (Lipinski definition) is 0. The van der Waals surface area contributed by atoms with E-state index >= 15 is 0 Å². The van der Waals surface area contributed by atoms with Crippen molar-refractivity contribution in [2.45, 2.75) is 26.9 Å². The minimum Gasteiger partial charge on any atom is -0.408 e. The first-order chi connectivity index (χ1) is 13.5. The van der Waals surface area contributed by atoms with E-state index in [9.17, 15) is 9.59 Å². The van der Waals surface area contributed by atoms with Crippen molar-refractivity contribution in [2.24, 2.45) is 4.99 Å². The lowest BCUT2D eigenvalue weighted by Gasteiger charge is -2.03. The molecule has 0 spiro atoms. The molecule has 0 aliphatic rings. The van der Waals surface area contributed by atoms with Gasteiger partial charge < -0.3 is 8.98 Å². The molecule has 28 heavy (non-hydrogen) atoms. The third kappa shape index (κ3) is 3.14. The summed E-state index contributed by atoms with van der Waals surface area (Å²) in [5.74, 6) is -0.973. The number of carbonyl (C=O) groups is 1. The molecular formula is C21H19N3O3S. The van der Waals surface area contributed by atoms with Gasteiger partial charge in [-0.05, 0) is 43.2 Å². The second kappa shape index (κ2) is 7.09. The molecule has 0 saturated heterocycles. The van der Waals surface area contributed by atoms with Crippen LogP contribution in [-0.2, 0) is 17.9 Å². The second-order valence-corrected chi connectivity index (χ2v) is 7.62. The SMILES string of the molecule is C=CCn1c(=NC(=O)Cn2c(=O)oc3ccccc32)sc2c(C)cc(C)cc21. The Kier molecular flexibility index (Phi) is 4.60. The highest BCUT2D eigenvalue weighted by Gasteiger charge is 2.13. The number of nitrogens with zero attached hydrogens (tertiary/aromatic N) is 3. The van der Waals surface area contributed by atoms with Crippen LogP contribution in [0.3, 0.4) is 0 Å². The highest BCUT2D eigenvalue weighted by atomic mass is 32.1. The number of oxazole rings is 1. The lowest BCUT2D eigenvalue weighted by Crippen LogP contribution is -2.22. The molecule has 2 aromatic carbocycles. The number of aryl methyl sites for hydroxylation is 2. The van der Waals surface area contributed by atoms with Crippen molar-refractivity contribution in [3.05, 3.63) is 75.5 Å². The van der Waals surface area contributed by atoms with Crippen molar-refractivity contribution in [2.75, 3.05) is 0 Å². The van der Waals surface area contributed by atoms with Crippen molar-refractivity contribution < 1.29 is 9.21 Å². The van der Waals surface area contributed by atoms with E-state index in [0.29, 0.717) is 22.4 Å². The first-order valence-corrected chi connectivity index (χ1v) is 9.67. The maximum absolute atomic E-state index is 12.7. The molecule has 0 aliphatic heterocycles. The molecule has 4 rings (SSSR count). The van der Waals surface area contributed by atoms with Gasteiger partial charge in [-0.1, -0.05) is 35.6 Å². The number of thiazole rings is 1. The molecule has 1 amide bonds. The molecule has 0 unspecified atom stereocenters. The molecule has 0 N–H and O–H groups in total. The molecule has 0 radical (unpaired) electrons. The fourth-order valence-corrected chi connectivity index (χ4v) is 4.45. The Morgan fingerprint density at radius 1 is 1.21 bits per heavy atom. The van der Waals surface area contributed by atoms with Crippen molar-refractivity contribution in [1.82, 2.24) is 9.13 Å². The average Bonchev–Trinajstić information content (AvgIpc) is 3.14.